The summed E-state index contributed by atoms with van der Waals surface area (Å²) in [7, 11) is 0. The number of thiophene rings is 1. The number of anilines is 1. The van der Waals surface area contributed by atoms with Crippen molar-refractivity contribution in [2.24, 2.45) is 0 Å². The summed E-state index contributed by atoms with van der Waals surface area (Å²) in [4.78, 5) is 13.3. The van der Waals surface area contributed by atoms with Crippen molar-refractivity contribution in [2.75, 3.05) is 5.32 Å². The van der Waals surface area contributed by atoms with Crippen molar-refractivity contribution in [2.45, 2.75) is 0 Å². The van der Waals surface area contributed by atoms with Crippen molar-refractivity contribution in [3.63, 3.8) is 0 Å². The van der Waals surface area contributed by atoms with E-state index >= 15 is 0 Å². The molecule has 0 spiro atoms. The van der Waals surface area contributed by atoms with Crippen LogP contribution in [-0.4, -0.2) is 16.1 Å². The monoisotopic (exact) mass is 387 g/mol. The normalized spacial score (nSPS) is 11.2. The Morgan fingerprint density at radius 1 is 1.00 bits per heavy atom. The molecule has 136 valence electrons. The smallest absolute Gasteiger partial charge is 0.265 e. The molecule has 0 saturated carbocycles. The van der Waals surface area contributed by atoms with Gasteiger partial charge in [-0.3, -0.25) is 9.89 Å². The summed E-state index contributed by atoms with van der Waals surface area (Å²) >= 11 is 1.47. The minimum Gasteiger partial charge on any atom is -0.321 e. The highest BCUT2D eigenvalue weighted by Crippen LogP contribution is 2.30. The van der Waals surface area contributed by atoms with Crippen molar-refractivity contribution in [3.8, 4) is 11.3 Å². The Hall–Kier alpha value is -3.51. The highest BCUT2D eigenvalue weighted by Gasteiger charge is 2.13. The van der Waals surface area contributed by atoms with Crippen molar-refractivity contribution in [1.82, 2.24) is 10.2 Å². The van der Waals surface area contributed by atoms with E-state index in [2.05, 4.69) is 15.5 Å². The molecule has 28 heavy (non-hydrogen) atoms. The maximum absolute atomic E-state index is 13.2. The van der Waals surface area contributed by atoms with Crippen LogP contribution in [0.1, 0.15) is 9.67 Å². The number of nitrogens with zero attached hydrogens (tertiary/aromatic N) is 1. The first-order valence-electron chi connectivity index (χ1n) is 8.71. The molecule has 5 aromatic rings. The van der Waals surface area contributed by atoms with Gasteiger partial charge in [-0.15, -0.1) is 11.3 Å². The van der Waals surface area contributed by atoms with Gasteiger partial charge in [0, 0.05) is 21.3 Å². The number of carbonyl (C=O) groups excluding carboxylic acids is 1. The summed E-state index contributed by atoms with van der Waals surface area (Å²) in [5, 5.41) is 12.2. The number of benzene rings is 3. The number of aromatic nitrogens is 2. The first-order chi connectivity index (χ1) is 13.7. The Morgan fingerprint density at radius 2 is 1.82 bits per heavy atom. The van der Waals surface area contributed by atoms with E-state index in [-0.39, 0.29) is 11.7 Å². The van der Waals surface area contributed by atoms with Crippen LogP contribution in [0, 0.1) is 5.82 Å². The number of halogens is 1. The zero-order valence-corrected chi connectivity index (χ0v) is 15.4. The minimum absolute atomic E-state index is 0.146. The molecule has 3 aromatic carbocycles. The summed E-state index contributed by atoms with van der Waals surface area (Å²) in [6, 6.07) is 21.6. The van der Waals surface area contributed by atoms with Gasteiger partial charge in [-0.05, 0) is 60.0 Å². The second kappa shape index (κ2) is 6.58. The predicted molar refractivity (Wildman–Crippen MR) is 111 cm³/mol. The molecule has 0 aliphatic carbocycles. The van der Waals surface area contributed by atoms with Crippen LogP contribution in [0.25, 0.3) is 32.2 Å². The van der Waals surface area contributed by atoms with E-state index in [0.29, 0.717) is 16.3 Å². The summed E-state index contributed by atoms with van der Waals surface area (Å²) in [6.45, 7) is 0. The Morgan fingerprint density at radius 3 is 2.64 bits per heavy atom. The van der Waals surface area contributed by atoms with Gasteiger partial charge in [0.25, 0.3) is 5.91 Å². The molecule has 4 nitrogen and oxygen atoms in total. The van der Waals surface area contributed by atoms with Gasteiger partial charge in [-0.2, -0.15) is 5.10 Å². The topological polar surface area (TPSA) is 57.8 Å². The van der Waals surface area contributed by atoms with Gasteiger partial charge >= 0.3 is 0 Å². The molecule has 1 amide bonds. The van der Waals surface area contributed by atoms with Crippen molar-refractivity contribution in [1.29, 1.82) is 0 Å². The summed E-state index contributed by atoms with van der Waals surface area (Å²) in [6.07, 6.45) is 0. The Labute approximate surface area is 163 Å². The highest BCUT2D eigenvalue weighted by molar-refractivity contribution is 7.20. The van der Waals surface area contributed by atoms with E-state index in [1.807, 2.05) is 48.5 Å². The van der Waals surface area contributed by atoms with Crippen LogP contribution in [0.3, 0.4) is 0 Å². The largest absolute Gasteiger partial charge is 0.321 e. The summed E-state index contributed by atoms with van der Waals surface area (Å²) < 4.78 is 14.3. The Bertz CT molecular complexity index is 1290. The SMILES string of the molecule is O=C(Nc1ccc2[nH]nc(-c3ccc(F)cc3)c2c1)c1cc2ccccc2s1. The number of H-pyrrole nitrogens is 1. The molecule has 0 bridgehead atoms. The molecule has 5 rings (SSSR count). The van der Waals surface area contributed by atoms with E-state index in [4.69, 9.17) is 0 Å². The first kappa shape index (κ1) is 16.6. The third-order valence-corrected chi connectivity index (χ3v) is 5.70. The third kappa shape index (κ3) is 2.93. The number of nitrogens with one attached hydrogen (secondary N) is 2. The molecule has 0 fully saturated rings. The number of aromatic amines is 1. The highest BCUT2D eigenvalue weighted by atomic mass is 32.1. The second-order valence-corrected chi connectivity index (χ2v) is 7.53. The summed E-state index contributed by atoms with van der Waals surface area (Å²) in [5.74, 6) is -0.438. The lowest BCUT2D eigenvalue weighted by atomic mass is 10.1. The van der Waals surface area contributed by atoms with E-state index in [0.717, 1.165) is 26.6 Å². The molecule has 0 radical (unpaired) electrons. The molecule has 2 aromatic heterocycles. The maximum atomic E-state index is 13.2. The van der Waals surface area contributed by atoms with Gasteiger partial charge in [-0.25, -0.2) is 4.39 Å². The Kier molecular flexibility index (Phi) is 3.91. The van der Waals surface area contributed by atoms with E-state index in [9.17, 15) is 9.18 Å². The van der Waals surface area contributed by atoms with Crippen LogP contribution in [0.5, 0.6) is 0 Å². The van der Waals surface area contributed by atoms with Gasteiger partial charge in [0.2, 0.25) is 0 Å². The van der Waals surface area contributed by atoms with Gasteiger partial charge < -0.3 is 5.32 Å². The van der Waals surface area contributed by atoms with Gasteiger partial charge in [0.1, 0.15) is 5.82 Å². The molecule has 0 saturated heterocycles. The first-order valence-corrected chi connectivity index (χ1v) is 9.53. The fourth-order valence-corrected chi connectivity index (χ4v) is 4.16. The molecule has 2 heterocycles. The van der Waals surface area contributed by atoms with Crippen LogP contribution in [0.2, 0.25) is 0 Å². The lowest BCUT2D eigenvalue weighted by Crippen LogP contribution is -2.09. The standard InChI is InChI=1S/C22H14FN3OS/c23-15-7-5-13(6-8-15)21-17-12-16(9-10-18(17)25-26-21)24-22(27)20-11-14-3-1-2-4-19(14)28-20/h1-12H,(H,24,27)(H,25,26). The van der Waals surface area contributed by atoms with Crippen LogP contribution in [0.15, 0.2) is 72.8 Å². The predicted octanol–water partition coefficient (Wildman–Crippen LogP) is 5.84. The molecule has 0 aliphatic rings. The molecule has 6 heteroatoms. The van der Waals surface area contributed by atoms with E-state index in [1.54, 1.807) is 12.1 Å². The lowest BCUT2D eigenvalue weighted by Gasteiger charge is -2.04. The zero-order chi connectivity index (χ0) is 19.1. The van der Waals surface area contributed by atoms with Crippen molar-refractivity contribution < 1.29 is 9.18 Å². The lowest BCUT2D eigenvalue weighted by molar-refractivity contribution is 0.103. The average Bonchev–Trinajstić information content (AvgIpc) is 3.32. The van der Waals surface area contributed by atoms with Crippen LogP contribution < -0.4 is 5.32 Å². The third-order valence-electron chi connectivity index (χ3n) is 4.59. The Balaban J connectivity index is 1.48. The van der Waals surface area contributed by atoms with Crippen molar-refractivity contribution in [3.05, 3.63) is 83.5 Å². The van der Waals surface area contributed by atoms with Gasteiger partial charge in [-0.1, -0.05) is 18.2 Å². The second-order valence-electron chi connectivity index (χ2n) is 6.44. The van der Waals surface area contributed by atoms with Crippen LogP contribution in [0.4, 0.5) is 10.1 Å². The van der Waals surface area contributed by atoms with E-state index < -0.39 is 0 Å². The average molecular weight is 387 g/mol. The fraction of sp³-hybridized carbons (Fsp3) is 0. The quantitative estimate of drug-likeness (QED) is 0.409. The molecule has 0 atom stereocenters. The zero-order valence-electron chi connectivity index (χ0n) is 14.6. The summed E-state index contributed by atoms with van der Waals surface area (Å²) in [5.41, 5.74) is 3.05. The fourth-order valence-electron chi connectivity index (χ4n) is 3.21. The van der Waals surface area contributed by atoms with E-state index in [1.165, 1.54) is 23.5 Å². The number of hydrogen-bond donors (Lipinski definition) is 2. The number of amides is 1. The number of fused-ring (bicyclic) bond motifs is 2. The molecular weight excluding hydrogens is 373 g/mol. The van der Waals surface area contributed by atoms with Crippen LogP contribution in [-0.2, 0) is 0 Å². The van der Waals surface area contributed by atoms with Gasteiger partial charge in [0.05, 0.1) is 16.1 Å². The molecular formula is C22H14FN3OS. The minimum atomic E-state index is -0.292. The van der Waals surface area contributed by atoms with Crippen molar-refractivity contribution >= 4 is 43.9 Å². The van der Waals surface area contributed by atoms with Gasteiger partial charge in [0.15, 0.2) is 0 Å². The molecule has 0 unspecified atom stereocenters. The van der Waals surface area contributed by atoms with Crippen LogP contribution >= 0.6 is 11.3 Å². The number of rotatable bonds is 3. The maximum Gasteiger partial charge on any atom is 0.265 e. The number of carbonyl (C=O) groups is 1. The molecule has 0 aliphatic heterocycles. The molecule has 2 N–H and O–H groups in total. The number of hydrogen-bond acceptors (Lipinski definition) is 3.